The molecule has 4 rings (SSSR count). The standard InChI is InChI=1S/C21H31N5O2S/c1-28-12-9-15-13-16-14-22-21(23-17-7-10-25(29-2)11-8-17)24-19(16)26(20(15)27)18-5-3-4-6-18/h13-14,17-18H,3-12H2,1-2H3,(H,22,23,24). The molecule has 2 aliphatic rings. The van der Waals surface area contributed by atoms with Gasteiger partial charge in [0, 0.05) is 55.9 Å². The summed E-state index contributed by atoms with van der Waals surface area (Å²) in [5.74, 6) is 0.635. The molecule has 158 valence electrons. The Labute approximate surface area is 176 Å². The van der Waals surface area contributed by atoms with Gasteiger partial charge in [0.1, 0.15) is 5.65 Å². The summed E-state index contributed by atoms with van der Waals surface area (Å²) < 4.78 is 9.53. The number of nitrogens with one attached hydrogen (secondary N) is 1. The van der Waals surface area contributed by atoms with Gasteiger partial charge in [-0.15, -0.1) is 0 Å². The smallest absolute Gasteiger partial charge is 0.255 e. The van der Waals surface area contributed by atoms with Crippen LogP contribution in [0.4, 0.5) is 5.95 Å². The van der Waals surface area contributed by atoms with Crippen LogP contribution in [0, 0.1) is 0 Å². The van der Waals surface area contributed by atoms with Gasteiger partial charge in [-0.2, -0.15) is 4.98 Å². The molecule has 0 radical (unpaired) electrons. The third-order valence-electron chi connectivity index (χ3n) is 6.16. The van der Waals surface area contributed by atoms with Crippen LogP contribution in [0.15, 0.2) is 17.1 Å². The fourth-order valence-electron chi connectivity index (χ4n) is 4.50. The minimum absolute atomic E-state index is 0.0828. The molecule has 7 nitrogen and oxygen atoms in total. The SMILES string of the molecule is COCCc1cc2cnc(NC3CCN(SC)CC3)nc2n(C2CCCC2)c1=O. The minimum atomic E-state index is 0.0828. The number of hydrogen-bond acceptors (Lipinski definition) is 7. The number of rotatable bonds is 7. The number of nitrogens with zero attached hydrogens (tertiary/aromatic N) is 4. The maximum atomic E-state index is 13.3. The molecule has 3 heterocycles. The summed E-state index contributed by atoms with van der Waals surface area (Å²) in [6.45, 7) is 2.69. The Balaban J connectivity index is 1.65. The Bertz CT molecular complexity index is 889. The summed E-state index contributed by atoms with van der Waals surface area (Å²) in [7, 11) is 1.67. The third kappa shape index (κ3) is 4.59. The lowest BCUT2D eigenvalue weighted by molar-refractivity contribution is 0.202. The van der Waals surface area contributed by atoms with Gasteiger partial charge in [0.05, 0.1) is 6.61 Å². The van der Waals surface area contributed by atoms with Gasteiger partial charge in [0.15, 0.2) is 0 Å². The van der Waals surface area contributed by atoms with Gasteiger partial charge in [0.25, 0.3) is 5.56 Å². The highest BCUT2D eigenvalue weighted by Gasteiger charge is 2.23. The van der Waals surface area contributed by atoms with Crippen molar-refractivity contribution in [2.45, 2.75) is 57.0 Å². The van der Waals surface area contributed by atoms with E-state index in [-0.39, 0.29) is 11.6 Å². The number of anilines is 1. The minimum Gasteiger partial charge on any atom is -0.384 e. The predicted molar refractivity (Wildman–Crippen MR) is 119 cm³/mol. The number of piperidine rings is 1. The van der Waals surface area contributed by atoms with Crippen LogP contribution in [0.2, 0.25) is 0 Å². The molecule has 29 heavy (non-hydrogen) atoms. The van der Waals surface area contributed by atoms with Crippen LogP contribution in [-0.4, -0.2) is 57.9 Å². The topological polar surface area (TPSA) is 72.3 Å². The van der Waals surface area contributed by atoms with Crippen molar-refractivity contribution in [3.8, 4) is 0 Å². The Morgan fingerprint density at radius 2 is 2.00 bits per heavy atom. The zero-order valence-electron chi connectivity index (χ0n) is 17.4. The molecule has 1 N–H and O–H groups in total. The van der Waals surface area contributed by atoms with Gasteiger partial charge in [-0.3, -0.25) is 13.7 Å². The van der Waals surface area contributed by atoms with E-state index in [2.05, 4.69) is 20.9 Å². The first-order chi connectivity index (χ1) is 14.2. The van der Waals surface area contributed by atoms with E-state index in [1.807, 2.05) is 28.8 Å². The average Bonchev–Trinajstić information content (AvgIpc) is 3.27. The third-order valence-corrected chi connectivity index (χ3v) is 7.04. The molecule has 1 saturated carbocycles. The molecule has 2 fully saturated rings. The van der Waals surface area contributed by atoms with Crippen LogP contribution in [0.1, 0.15) is 50.1 Å². The Kier molecular flexibility index (Phi) is 6.72. The highest BCUT2D eigenvalue weighted by molar-refractivity contribution is 7.96. The van der Waals surface area contributed by atoms with Crippen LogP contribution in [0.25, 0.3) is 11.0 Å². The van der Waals surface area contributed by atoms with Crippen molar-refractivity contribution in [1.82, 2.24) is 18.8 Å². The van der Waals surface area contributed by atoms with Crippen LogP contribution >= 0.6 is 11.9 Å². The number of ether oxygens (including phenoxy) is 1. The highest BCUT2D eigenvalue weighted by atomic mass is 32.2. The molecule has 0 amide bonds. The average molecular weight is 418 g/mol. The van der Waals surface area contributed by atoms with Crippen LogP contribution in [-0.2, 0) is 11.2 Å². The van der Waals surface area contributed by atoms with Crippen molar-refractivity contribution in [3.05, 3.63) is 28.2 Å². The van der Waals surface area contributed by atoms with E-state index in [0.29, 0.717) is 25.0 Å². The van der Waals surface area contributed by atoms with Crippen molar-refractivity contribution in [2.24, 2.45) is 0 Å². The van der Waals surface area contributed by atoms with Crippen molar-refractivity contribution in [1.29, 1.82) is 0 Å². The molecule has 0 unspecified atom stereocenters. The van der Waals surface area contributed by atoms with Crippen molar-refractivity contribution in [2.75, 3.05) is 38.4 Å². The molecule has 0 bridgehead atoms. The first-order valence-corrected chi connectivity index (χ1v) is 11.8. The highest BCUT2D eigenvalue weighted by Crippen LogP contribution is 2.31. The van der Waals surface area contributed by atoms with Crippen molar-refractivity contribution in [3.63, 3.8) is 0 Å². The van der Waals surface area contributed by atoms with Gasteiger partial charge >= 0.3 is 0 Å². The largest absolute Gasteiger partial charge is 0.384 e. The fourth-order valence-corrected chi connectivity index (χ4v) is 5.08. The molecule has 8 heteroatoms. The van der Waals surface area contributed by atoms with E-state index in [1.165, 1.54) is 12.8 Å². The maximum absolute atomic E-state index is 13.3. The zero-order valence-corrected chi connectivity index (χ0v) is 18.2. The molecule has 0 spiro atoms. The number of pyridine rings is 1. The lowest BCUT2D eigenvalue weighted by Gasteiger charge is -2.30. The van der Waals surface area contributed by atoms with Gasteiger partial charge in [-0.05, 0) is 38.0 Å². The lowest BCUT2D eigenvalue weighted by Crippen LogP contribution is -2.36. The Morgan fingerprint density at radius 3 is 2.69 bits per heavy atom. The summed E-state index contributed by atoms with van der Waals surface area (Å²) >= 11 is 1.81. The number of aromatic nitrogens is 3. The van der Waals surface area contributed by atoms with Crippen LogP contribution in [0.3, 0.4) is 0 Å². The van der Waals surface area contributed by atoms with Crippen molar-refractivity contribution < 1.29 is 4.74 Å². The molecule has 1 aliphatic carbocycles. The number of hydrogen-bond donors (Lipinski definition) is 1. The van der Waals surface area contributed by atoms with Crippen LogP contribution in [0.5, 0.6) is 0 Å². The van der Waals surface area contributed by atoms with E-state index in [1.54, 1.807) is 7.11 Å². The molecule has 0 atom stereocenters. The lowest BCUT2D eigenvalue weighted by atomic mass is 10.1. The quantitative estimate of drug-likeness (QED) is 0.693. The van der Waals surface area contributed by atoms with Gasteiger partial charge in [-0.1, -0.05) is 24.8 Å². The van der Waals surface area contributed by atoms with Gasteiger partial charge < -0.3 is 10.1 Å². The Hall–Kier alpha value is -1.64. The number of fused-ring (bicyclic) bond motifs is 1. The first kappa shape index (κ1) is 20.6. The number of methoxy groups -OCH3 is 1. The van der Waals surface area contributed by atoms with E-state index < -0.39 is 0 Å². The summed E-state index contributed by atoms with van der Waals surface area (Å²) in [4.78, 5) is 22.7. The van der Waals surface area contributed by atoms with E-state index >= 15 is 0 Å². The van der Waals surface area contributed by atoms with Crippen molar-refractivity contribution >= 4 is 28.9 Å². The molecular weight excluding hydrogens is 386 g/mol. The van der Waals surface area contributed by atoms with Gasteiger partial charge in [0.2, 0.25) is 5.95 Å². The molecule has 2 aromatic heterocycles. The Morgan fingerprint density at radius 1 is 1.24 bits per heavy atom. The normalized spacial score (nSPS) is 19.2. The second-order valence-electron chi connectivity index (χ2n) is 8.03. The summed E-state index contributed by atoms with van der Waals surface area (Å²) in [5, 5.41) is 4.45. The summed E-state index contributed by atoms with van der Waals surface area (Å²) in [6.07, 6.45) is 11.2. The maximum Gasteiger partial charge on any atom is 0.255 e. The van der Waals surface area contributed by atoms with Gasteiger partial charge in [-0.25, -0.2) is 4.98 Å². The second-order valence-corrected chi connectivity index (χ2v) is 8.91. The molecule has 1 saturated heterocycles. The fraction of sp³-hybridized carbons (Fsp3) is 0.667. The predicted octanol–water partition coefficient (Wildman–Crippen LogP) is 3.25. The first-order valence-electron chi connectivity index (χ1n) is 10.7. The monoisotopic (exact) mass is 417 g/mol. The summed E-state index contributed by atoms with van der Waals surface area (Å²) in [5.41, 5.74) is 1.64. The molecular formula is C21H31N5O2S. The molecule has 2 aromatic rings. The summed E-state index contributed by atoms with van der Waals surface area (Å²) in [6, 6.07) is 2.56. The zero-order chi connectivity index (χ0) is 20.2. The molecule has 0 aromatic carbocycles. The van der Waals surface area contributed by atoms with E-state index in [9.17, 15) is 4.79 Å². The molecule has 1 aliphatic heterocycles. The van der Waals surface area contributed by atoms with E-state index in [0.717, 1.165) is 55.4 Å². The van der Waals surface area contributed by atoms with Crippen LogP contribution < -0.4 is 10.9 Å². The second kappa shape index (κ2) is 9.45. The van der Waals surface area contributed by atoms with E-state index in [4.69, 9.17) is 9.72 Å².